The summed E-state index contributed by atoms with van der Waals surface area (Å²) in [5, 5.41) is 2.87. The molecule has 0 saturated carbocycles. The van der Waals surface area contributed by atoms with Crippen molar-refractivity contribution in [3.8, 4) is 0 Å². The molecular formula is C20H20N2O4. The third kappa shape index (κ3) is 2.93. The van der Waals surface area contributed by atoms with Gasteiger partial charge in [0.15, 0.2) is 6.23 Å². The quantitative estimate of drug-likeness (QED) is 0.922. The van der Waals surface area contributed by atoms with Gasteiger partial charge in [0.25, 0.3) is 0 Å². The van der Waals surface area contributed by atoms with E-state index in [1.54, 1.807) is 0 Å². The predicted molar refractivity (Wildman–Crippen MR) is 94.0 cm³/mol. The van der Waals surface area contributed by atoms with Crippen LogP contribution in [0, 0.1) is 0 Å². The molecular weight excluding hydrogens is 332 g/mol. The number of nitrogens with one attached hydrogen (secondary N) is 1. The van der Waals surface area contributed by atoms with Crippen molar-refractivity contribution in [2.45, 2.75) is 31.3 Å². The molecule has 6 nitrogen and oxygen atoms in total. The summed E-state index contributed by atoms with van der Waals surface area (Å²) in [6, 6.07) is 18.0. The minimum atomic E-state index is -0.741. The number of cyclic esters (lactones) is 1. The van der Waals surface area contributed by atoms with Crippen molar-refractivity contribution in [2.75, 3.05) is 6.61 Å². The Morgan fingerprint density at radius 1 is 0.962 bits per heavy atom. The minimum absolute atomic E-state index is 0.224. The Bertz CT molecular complexity index is 796. The van der Waals surface area contributed by atoms with E-state index in [4.69, 9.17) is 9.47 Å². The summed E-state index contributed by atoms with van der Waals surface area (Å²) in [7, 11) is 0. The fourth-order valence-electron chi connectivity index (χ4n) is 3.56. The van der Waals surface area contributed by atoms with Crippen LogP contribution in [0.3, 0.4) is 0 Å². The number of carbonyl (C=O) groups excluding carboxylic acids is 2. The molecule has 0 bridgehead atoms. The van der Waals surface area contributed by atoms with Crippen molar-refractivity contribution < 1.29 is 19.1 Å². The first-order valence-corrected chi connectivity index (χ1v) is 8.66. The molecule has 134 valence electrons. The van der Waals surface area contributed by atoms with Gasteiger partial charge in [-0.05, 0) is 12.5 Å². The van der Waals surface area contributed by atoms with E-state index in [1.807, 2.05) is 67.6 Å². The van der Waals surface area contributed by atoms with E-state index in [1.165, 1.54) is 4.90 Å². The zero-order chi connectivity index (χ0) is 18.1. The number of hydrogen-bond acceptors (Lipinski definition) is 4. The van der Waals surface area contributed by atoms with Crippen molar-refractivity contribution >= 4 is 12.0 Å². The molecule has 0 aliphatic carbocycles. The van der Waals surface area contributed by atoms with Gasteiger partial charge in [0.2, 0.25) is 5.91 Å². The molecule has 0 radical (unpaired) electrons. The standard InChI is InChI=1S/C20H20N2O4/c1-13-17(18(23)21-19(26-13)15-10-6-3-7-11-15)22-16(12-25-20(22)24)14-8-4-2-5-9-14/h2-11,13,16-17,19H,12H2,1H3,(H,21,23)/t13-,16-,17-,19+/m1/s1. The Labute approximate surface area is 151 Å². The summed E-state index contributed by atoms with van der Waals surface area (Å²) in [5.74, 6) is -0.239. The van der Waals surface area contributed by atoms with E-state index in [0.717, 1.165) is 11.1 Å². The molecule has 4 atom stereocenters. The Morgan fingerprint density at radius 3 is 2.19 bits per heavy atom. The summed E-state index contributed by atoms with van der Waals surface area (Å²) >= 11 is 0. The molecule has 0 aromatic heterocycles. The molecule has 6 heteroatoms. The summed E-state index contributed by atoms with van der Waals surface area (Å²) in [6.07, 6.45) is -1.48. The monoisotopic (exact) mass is 352 g/mol. The second-order valence-electron chi connectivity index (χ2n) is 6.50. The SMILES string of the molecule is C[C@H]1O[C@@H](c2ccccc2)NC(=O)[C@@H]1N1C(=O)OC[C@@H]1c1ccccc1. The lowest BCUT2D eigenvalue weighted by atomic mass is 10.0. The first kappa shape index (κ1) is 16.6. The molecule has 26 heavy (non-hydrogen) atoms. The largest absolute Gasteiger partial charge is 0.447 e. The van der Waals surface area contributed by atoms with E-state index < -0.39 is 24.5 Å². The Hall–Kier alpha value is -2.86. The number of carbonyl (C=O) groups is 2. The van der Waals surface area contributed by atoms with Crippen LogP contribution in [0.1, 0.15) is 30.3 Å². The van der Waals surface area contributed by atoms with Crippen molar-refractivity contribution in [3.05, 3.63) is 71.8 Å². The van der Waals surface area contributed by atoms with Gasteiger partial charge in [0, 0.05) is 5.56 Å². The molecule has 0 spiro atoms. The highest BCUT2D eigenvalue weighted by molar-refractivity contribution is 5.88. The van der Waals surface area contributed by atoms with Crippen LogP contribution in [-0.4, -0.2) is 35.7 Å². The molecule has 4 rings (SSSR count). The van der Waals surface area contributed by atoms with Crippen LogP contribution in [0.5, 0.6) is 0 Å². The predicted octanol–water partition coefficient (Wildman–Crippen LogP) is 2.78. The normalized spacial score (nSPS) is 28.6. The lowest BCUT2D eigenvalue weighted by Gasteiger charge is -2.40. The summed E-state index contributed by atoms with van der Waals surface area (Å²) in [4.78, 5) is 26.7. The molecule has 1 N–H and O–H groups in total. The molecule has 2 heterocycles. The van der Waals surface area contributed by atoms with Gasteiger partial charge in [0.1, 0.15) is 12.6 Å². The average molecular weight is 352 g/mol. The number of ether oxygens (including phenoxy) is 2. The maximum absolute atomic E-state index is 12.9. The number of amides is 2. The third-order valence-corrected chi connectivity index (χ3v) is 4.83. The minimum Gasteiger partial charge on any atom is -0.447 e. The maximum Gasteiger partial charge on any atom is 0.411 e. The second-order valence-corrected chi connectivity index (χ2v) is 6.50. The summed E-state index contributed by atoms with van der Waals surface area (Å²) in [5.41, 5.74) is 1.80. The van der Waals surface area contributed by atoms with Crippen LogP contribution < -0.4 is 5.32 Å². The lowest BCUT2D eigenvalue weighted by molar-refractivity contribution is -0.154. The molecule has 2 fully saturated rings. The molecule has 2 amide bonds. The van der Waals surface area contributed by atoms with Gasteiger partial charge in [0.05, 0.1) is 12.1 Å². The Kier molecular flexibility index (Phi) is 4.34. The van der Waals surface area contributed by atoms with Crippen LogP contribution in [0.25, 0.3) is 0 Å². The van der Waals surface area contributed by atoms with E-state index in [0.29, 0.717) is 0 Å². The van der Waals surface area contributed by atoms with Crippen molar-refractivity contribution in [1.82, 2.24) is 10.2 Å². The summed E-state index contributed by atoms with van der Waals surface area (Å²) in [6.45, 7) is 2.04. The summed E-state index contributed by atoms with van der Waals surface area (Å²) < 4.78 is 11.3. The van der Waals surface area contributed by atoms with Crippen molar-refractivity contribution in [1.29, 1.82) is 0 Å². The molecule has 0 unspecified atom stereocenters. The van der Waals surface area contributed by atoms with Gasteiger partial charge in [-0.3, -0.25) is 9.69 Å². The number of hydrogen-bond donors (Lipinski definition) is 1. The van der Waals surface area contributed by atoms with Gasteiger partial charge in [-0.15, -0.1) is 0 Å². The highest BCUT2D eigenvalue weighted by atomic mass is 16.6. The van der Waals surface area contributed by atoms with Gasteiger partial charge < -0.3 is 14.8 Å². The molecule has 2 aliphatic rings. The fraction of sp³-hybridized carbons (Fsp3) is 0.300. The number of benzene rings is 2. The third-order valence-electron chi connectivity index (χ3n) is 4.83. The van der Waals surface area contributed by atoms with E-state index in [2.05, 4.69) is 5.32 Å². The van der Waals surface area contributed by atoms with E-state index in [-0.39, 0.29) is 18.6 Å². The molecule has 2 aliphatic heterocycles. The van der Waals surface area contributed by atoms with Gasteiger partial charge >= 0.3 is 6.09 Å². The molecule has 2 aromatic carbocycles. The highest BCUT2D eigenvalue weighted by Crippen LogP contribution is 2.34. The van der Waals surface area contributed by atoms with Crippen molar-refractivity contribution in [3.63, 3.8) is 0 Å². The van der Waals surface area contributed by atoms with Crippen LogP contribution >= 0.6 is 0 Å². The Morgan fingerprint density at radius 2 is 1.58 bits per heavy atom. The maximum atomic E-state index is 12.9. The van der Waals surface area contributed by atoms with Crippen LogP contribution in [-0.2, 0) is 14.3 Å². The van der Waals surface area contributed by atoms with Crippen LogP contribution in [0.4, 0.5) is 4.79 Å². The smallest absolute Gasteiger partial charge is 0.411 e. The zero-order valence-corrected chi connectivity index (χ0v) is 14.4. The van der Waals surface area contributed by atoms with Gasteiger partial charge in [-0.1, -0.05) is 60.7 Å². The highest BCUT2D eigenvalue weighted by Gasteiger charge is 2.48. The second kappa shape index (κ2) is 6.80. The first-order chi connectivity index (χ1) is 12.6. The average Bonchev–Trinajstić information content (AvgIpc) is 3.04. The molecule has 2 aromatic rings. The van der Waals surface area contributed by atoms with Crippen LogP contribution in [0.2, 0.25) is 0 Å². The zero-order valence-electron chi connectivity index (χ0n) is 14.4. The van der Waals surface area contributed by atoms with Gasteiger partial charge in [-0.2, -0.15) is 0 Å². The molecule has 2 saturated heterocycles. The fourth-order valence-corrected chi connectivity index (χ4v) is 3.56. The van der Waals surface area contributed by atoms with E-state index in [9.17, 15) is 9.59 Å². The number of rotatable bonds is 3. The Balaban J connectivity index is 1.59. The van der Waals surface area contributed by atoms with Crippen LogP contribution in [0.15, 0.2) is 60.7 Å². The lowest BCUT2D eigenvalue weighted by Crippen LogP contribution is -2.59. The van der Waals surface area contributed by atoms with Crippen molar-refractivity contribution in [2.24, 2.45) is 0 Å². The number of nitrogens with zero attached hydrogens (tertiary/aromatic N) is 1. The van der Waals surface area contributed by atoms with Gasteiger partial charge in [-0.25, -0.2) is 4.79 Å². The topological polar surface area (TPSA) is 67.9 Å². The first-order valence-electron chi connectivity index (χ1n) is 8.66. The van der Waals surface area contributed by atoms with E-state index >= 15 is 0 Å².